The number of rotatable bonds is 5. The smallest absolute Gasteiger partial charge is 0.0321 e. The van der Waals surface area contributed by atoms with Crippen molar-refractivity contribution in [3.8, 4) is 0 Å². The Balaban J connectivity index is 3.56. The first-order chi connectivity index (χ1) is 5.52. The fourth-order valence-electron chi connectivity index (χ4n) is 1.06. The van der Waals surface area contributed by atoms with E-state index in [9.17, 15) is 0 Å². The number of hydrogen-bond acceptors (Lipinski definition) is 0. The van der Waals surface area contributed by atoms with Crippen LogP contribution in [0.3, 0.4) is 0 Å². The molecule has 0 aromatic heterocycles. The third-order valence-electron chi connectivity index (χ3n) is 2.05. The fourth-order valence-corrected chi connectivity index (χ4v) is 1.06. The van der Waals surface area contributed by atoms with Gasteiger partial charge in [0.05, 0.1) is 0 Å². The van der Waals surface area contributed by atoms with Crippen LogP contribution in [0.4, 0.5) is 0 Å². The van der Waals surface area contributed by atoms with Gasteiger partial charge < -0.3 is 0 Å². The highest BCUT2D eigenvalue weighted by molar-refractivity contribution is 4.98. The van der Waals surface area contributed by atoms with Crippen LogP contribution in [-0.2, 0) is 0 Å². The van der Waals surface area contributed by atoms with E-state index in [2.05, 4.69) is 40.7 Å². The Kier molecular flexibility index (Phi) is 6.14. The standard InChI is InChI=1S/C12H24/c1-10(2)6-8-12(5)9-7-11(3)4/h8,10-11H,6-7,9H2,1-5H3/b12-8+. The molecule has 0 bridgehead atoms. The van der Waals surface area contributed by atoms with Crippen LogP contribution < -0.4 is 0 Å². The summed E-state index contributed by atoms with van der Waals surface area (Å²) in [7, 11) is 0. The van der Waals surface area contributed by atoms with Crippen molar-refractivity contribution in [2.45, 2.75) is 53.9 Å². The van der Waals surface area contributed by atoms with Gasteiger partial charge in [0.2, 0.25) is 0 Å². The molecule has 0 fully saturated rings. The molecule has 0 unspecified atom stereocenters. The predicted octanol–water partition coefficient (Wildman–Crippen LogP) is 4.42. The minimum Gasteiger partial charge on any atom is -0.0854 e. The van der Waals surface area contributed by atoms with Crippen molar-refractivity contribution in [1.29, 1.82) is 0 Å². The average molecular weight is 168 g/mol. The first-order valence-electron chi connectivity index (χ1n) is 5.18. The Morgan fingerprint density at radius 2 is 1.67 bits per heavy atom. The van der Waals surface area contributed by atoms with E-state index in [0.717, 1.165) is 11.8 Å². The lowest BCUT2D eigenvalue weighted by atomic mass is 10.0. The molecule has 0 aliphatic heterocycles. The van der Waals surface area contributed by atoms with Gasteiger partial charge in [-0.2, -0.15) is 0 Å². The zero-order chi connectivity index (χ0) is 9.56. The Bertz CT molecular complexity index is 129. The number of allylic oxidation sites excluding steroid dienone is 2. The molecule has 0 nitrogen and oxygen atoms in total. The molecule has 0 aromatic rings. The first-order valence-corrected chi connectivity index (χ1v) is 5.18. The topological polar surface area (TPSA) is 0 Å². The lowest BCUT2D eigenvalue weighted by Crippen LogP contribution is -1.89. The Hall–Kier alpha value is -0.260. The van der Waals surface area contributed by atoms with Crippen molar-refractivity contribution in [2.24, 2.45) is 11.8 Å². The second-order valence-electron chi connectivity index (χ2n) is 4.61. The third kappa shape index (κ3) is 7.84. The van der Waals surface area contributed by atoms with E-state index >= 15 is 0 Å². The van der Waals surface area contributed by atoms with Crippen molar-refractivity contribution in [3.63, 3.8) is 0 Å². The molecule has 0 radical (unpaired) electrons. The molecular weight excluding hydrogens is 144 g/mol. The maximum absolute atomic E-state index is 2.40. The molecule has 0 spiro atoms. The van der Waals surface area contributed by atoms with Gasteiger partial charge in [-0.3, -0.25) is 0 Å². The highest BCUT2D eigenvalue weighted by Gasteiger charge is 1.96. The van der Waals surface area contributed by atoms with E-state index in [0.29, 0.717) is 0 Å². The lowest BCUT2D eigenvalue weighted by Gasteiger charge is -2.05. The summed E-state index contributed by atoms with van der Waals surface area (Å²) in [5.74, 6) is 1.64. The van der Waals surface area contributed by atoms with Gasteiger partial charge in [-0.05, 0) is 38.0 Å². The molecule has 0 rings (SSSR count). The van der Waals surface area contributed by atoms with Crippen LogP contribution in [0.1, 0.15) is 53.9 Å². The zero-order valence-electron chi connectivity index (χ0n) is 9.35. The normalized spacial score (nSPS) is 13.1. The molecule has 0 aliphatic rings. The molecule has 0 aromatic carbocycles. The molecule has 0 amide bonds. The van der Waals surface area contributed by atoms with E-state index in [1.807, 2.05) is 0 Å². The summed E-state index contributed by atoms with van der Waals surface area (Å²) < 4.78 is 0. The van der Waals surface area contributed by atoms with E-state index < -0.39 is 0 Å². The monoisotopic (exact) mass is 168 g/mol. The van der Waals surface area contributed by atoms with Crippen LogP contribution >= 0.6 is 0 Å². The molecule has 72 valence electrons. The zero-order valence-corrected chi connectivity index (χ0v) is 9.35. The molecule has 12 heavy (non-hydrogen) atoms. The minimum absolute atomic E-state index is 0.805. The van der Waals surface area contributed by atoms with Gasteiger partial charge in [-0.15, -0.1) is 0 Å². The van der Waals surface area contributed by atoms with Crippen molar-refractivity contribution >= 4 is 0 Å². The summed E-state index contributed by atoms with van der Waals surface area (Å²) in [5.41, 5.74) is 1.57. The average Bonchev–Trinajstić information content (AvgIpc) is 1.96. The summed E-state index contributed by atoms with van der Waals surface area (Å²) in [6, 6.07) is 0. The Labute approximate surface area is 78.1 Å². The van der Waals surface area contributed by atoms with Crippen molar-refractivity contribution in [3.05, 3.63) is 11.6 Å². The van der Waals surface area contributed by atoms with Crippen LogP contribution in [0, 0.1) is 11.8 Å². The molecule has 0 heterocycles. The SMILES string of the molecule is C/C(=C\CC(C)C)CCC(C)C. The van der Waals surface area contributed by atoms with Gasteiger partial charge in [0.1, 0.15) is 0 Å². The highest BCUT2D eigenvalue weighted by atomic mass is 14.0. The van der Waals surface area contributed by atoms with Crippen LogP contribution in [-0.4, -0.2) is 0 Å². The van der Waals surface area contributed by atoms with Gasteiger partial charge in [-0.1, -0.05) is 39.3 Å². The maximum atomic E-state index is 2.40. The fraction of sp³-hybridized carbons (Fsp3) is 0.833. The second-order valence-corrected chi connectivity index (χ2v) is 4.61. The Morgan fingerprint density at radius 3 is 2.08 bits per heavy atom. The first kappa shape index (κ1) is 11.7. The van der Waals surface area contributed by atoms with Gasteiger partial charge in [0.15, 0.2) is 0 Å². The van der Waals surface area contributed by atoms with Crippen molar-refractivity contribution < 1.29 is 0 Å². The van der Waals surface area contributed by atoms with Crippen LogP contribution in [0.5, 0.6) is 0 Å². The van der Waals surface area contributed by atoms with Gasteiger partial charge in [0.25, 0.3) is 0 Å². The van der Waals surface area contributed by atoms with Gasteiger partial charge >= 0.3 is 0 Å². The second kappa shape index (κ2) is 6.28. The van der Waals surface area contributed by atoms with E-state index in [4.69, 9.17) is 0 Å². The Morgan fingerprint density at radius 1 is 1.08 bits per heavy atom. The molecule has 0 N–H and O–H groups in total. The minimum atomic E-state index is 0.805. The molecule has 0 atom stereocenters. The van der Waals surface area contributed by atoms with Crippen molar-refractivity contribution in [2.75, 3.05) is 0 Å². The third-order valence-corrected chi connectivity index (χ3v) is 2.05. The van der Waals surface area contributed by atoms with Gasteiger partial charge in [-0.25, -0.2) is 0 Å². The molecule has 0 saturated carbocycles. The van der Waals surface area contributed by atoms with E-state index in [1.165, 1.54) is 19.3 Å². The van der Waals surface area contributed by atoms with Crippen molar-refractivity contribution in [1.82, 2.24) is 0 Å². The predicted molar refractivity (Wildman–Crippen MR) is 57.3 cm³/mol. The summed E-state index contributed by atoms with van der Waals surface area (Å²) in [5, 5.41) is 0. The quantitative estimate of drug-likeness (QED) is 0.533. The summed E-state index contributed by atoms with van der Waals surface area (Å²) >= 11 is 0. The van der Waals surface area contributed by atoms with E-state index in [1.54, 1.807) is 5.57 Å². The summed E-state index contributed by atoms with van der Waals surface area (Å²) in [6.07, 6.45) is 6.25. The van der Waals surface area contributed by atoms with E-state index in [-0.39, 0.29) is 0 Å². The molecular formula is C12H24. The van der Waals surface area contributed by atoms with Crippen LogP contribution in [0.15, 0.2) is 11.6 Å². The highest BCUT2D eigenvalue weighted by Crippen LogP contribution is 2.12. The lowest BCUT2D eigenvalue weighted by molar-refractivity contribution is 0.581. The molecule has 0 heteroatoms. The largest absolute Gasteiger partial charge is 0.0854 e. The van der Waals surface area contributed by atoms with Gasteiger partial charge in [0, 0.05) is 0 Å². The number of hydrogen-bond donors (Lipinski definition) is 0. The summed E-state index contributed by atoms with van der Waals surface area (Å²) in [4.78, 5) is 0. The van der Waals surface area contributed by atoms with Crippen LogP contribution in [0.2, 0.25) is 0 Å². The maximum Gasteiger partial charge on any atom is -0.0321 e. The summed E-state index contributed by atoms with van der Waals surface area (Å²) in [6.45, 7) is 11.4. The molecule has 0 saturated heterocycles. The van der Waals surface area contributed by atoms with Crippen LogP contribution in [0.25, 0.3) is 0 Å². The molecule has 0 aliphatic carbocycles.